The highest BCUT2D eigenvalue weighted by Crippen LogP contribution is 2.66. The van der Waals surface area contributed by atoms with Crippen molar-refractivity contribution in [2.75, 3.05) is 0 Å². The van der Waals surface area contributed by atoms with Crippen LogP contribution in [0.5, 0.6) is 0 Å². The fraction of sp³-hybridized carbons (Fsp3) is 0.304. The van der Waals surface area contributed by atoms with Gasteiger partial charge in [-0.05, 0) is 16.7 Å². The summed E-state index contributed by atoms with van der Waals surface area (Å²) >= 11 is 0. The van der Waals surface area contributed by atoms with Gasteiger partial charge in [-0.25, -0.2) is 0 Å². The van der Waals surface area contributed by atoms with Gasteiger partial charge in [0.05, 0.1) is 24.1 Å². The lowest BCUT2D eigenvalue weighted by molar-refractivity contribution is -0.268. The average molecular weight is 382 g/mol. The molecule has 4 rings (SSSR count). The molecule has 4 atom stereocenters. The van der Waals surface area contributed by atoms with Gasteiger partial charge in [-0.3, -0.25) is 5.41 Å². The average Bonchev–Trinajstić information content (AvgIpc) is 2.89. The van der Waals surface area contributed by atoms with Crippen molar-refractivity contribution in [1.82, 2.24) is 0 Å². The van der Waals surface area contributed by atoms with Crippen molar-refractivity contribution >= 4 is 5.90 Å². The fourth-order valence-electron chi connectivity index (χ4n) is 4.49. The van der Waals surface area contributed by atoms with Crippen molar-refractivity contribution in [2.45, 2.75) is 25.7 Å². The van der Waals surface area contributed by atoms with Gasteiger partial charge in [0.2, 0.25) is 17.1 Å². The molecule has 0 aliphatic carbocycles. The molecule has 29 heavy (non-hydrogen) atoms. The number of benzene rings is 2. The molecule has 2 aliphatic rings. The predicted octanol–water partition coefficient (Wildman–Crippen LogP) is 4.33. The number of nitrogens with one attached hydrogen (secondary N) is 1. The van der Waals surface area contributed by atoms with E-state index >= 15 is 0 Å². The van der Waals surface area contributed by atoms with Gasteiger partial charge < -0.3 is 9.47 Å². The molecule has 1 N–H and O–H groups in total. The summed E-state index contributed by atoms with van der Waals surface area (Å²) in [4.78, 5) is 0. The standard InChI is InChI=1S/C23H18N4O2/c1-15-21(2)28-19(22(12-24,13-25)23(15,14-26)20(27)29-21)18-10-8-17(9-11-18)16-6-4-3-5-7-16/h3-11,15,19,27H,1-2H3. The van der Waals surface area contributed by atoms with E-state index in [1.54, 1.807) is 26.0 Å². The van der Waals surface area contributed by atoms with Crippen molar-refractivity contribution in [3.05, 3.63) is 60.2 Å². The van der Waals surface area contributed by atoms with Crippen molar-refractivity contribution < 1.29 is 9.47 Å². The van der Waals surface area contributed by atoms with Crippen LogP contribution in [0.2, 0.25) is 0 Å². The lowest BCUT2D eigenvalue weighted by Gasteiger charge is -2.47. The first-order chi connectivity index (χ1) is 13.9. The van der Waals surface area contributed by atoms with E-state index in [0.717, 1.165) is 11.1 Å². The van der Waals surface area contributed by atoms with Gasteiger partial charge in [-0.15, -0.1) is 0 Å². The highest BCUT2D eigenvalue weighted by molar-refractivity contribution is 5.89. The molecule has 0 amide bonds. The Balaban J connectivity index is 1.86. The summed E-state index contributed by atoms with van der Waals surface area (Å²) in [6.07, 6.45) is -1.04. The van der Waals surface area contributed by atoms with Crippen LogP contribution in [0.25, 0.3) is 11.1 Å². The number of hydrogen-bond donors (Lipinski definition) is 1. The van der Waals surface area contributed by atoms with E-state index in [4.69, 9.17) is 14.9 Å². The lowest BCUT2D eigenvalue weighted by Crippen LogP contribution is -2.57. The highest BCUT2D eigenvalue weighted by Gasteiger charge is 2.78. The van der Waals surface area contributed by atoms with Crippen LogP contribution in [-0.4, -0.2) is 11.7 Å². The minimum Gasteiger partial charge on any atom is -0.448 e. The topological polar surface area (TPSA) is 114 Å². The molecular formula is C23H18N4O2. The first-order valence-electron chi connectivity index (χ1n) is 9.23. The fourth-order valence-corrected chi connectivity index (χ4v) is 4.49. The van der Waals surface area contributed by atoms with E-state index in [-0.39, 0.29) is 5.90 Å². The van der Waals surface area contributed by atoms with E-state index in [0.29, 0.717) is 5.56 Å². The second-order valence-corrected chi connectivity index (χ2v) is 7.61. The highest BCUT2D eigenvalue weighted by atomic mass is 16.7. The van der Waals surface area contributed by atoms with Gasteiger partial charge in [0, 0.05) is 6.92 Å². The third-order valence-electron chi connectivity index (χ3n) is 6.32. The van der Waals surface area contributed by atoms with Gasteiger partial charge in [-0.1, -0.05) is 61.5 Å². The molecule has 2 aromatic rings. The molecule has 6 nitrogen and oxygen atoms in total. The second kappa shape index (κ2) is 6.17. The minimum atomic E-state index is -1.91. The van der Waals surface area contributed by atoms with E-state index in [1.807, 2.05) is 54.6 Å². The Kier molecular flexibility index (Phi) is 3.98. The molecule has 2 fully saturated rings. The molecule has 6 heteroatoms. The van der Waals surface area contributed by atoms with Gasteiger partial charge >= 0.3 is 0 Å². The second-order valence-electron chi connectivity index (χ2n) is 7.61. The summed E-state index contributed by atoms with van der Waals surface area (Å²) in [6, 6.07) is 23.3. The van der Waals surface area contributed by atoms with E-state index in [1.165, 1.54) is 0 Å². The van der Waals surface area contributed by atoms with Crippen LogP contribution in [0.3, 0.4) is 0 Å². The van der Waals surface area contributed by atoms with Crippen LogP contribution < -0.4 is 0 Å². The molecule has 0 radical (unpaired) electrons. The number of nitrogens with zero attached hydrogens (tertiary/aromatic N) is 3. The molecule has 142 valence electrons. The van der Waals surface area contributed by atoms with E-state index in [9.17, 15) is 15.8 Å². The Morgan fingerprint density at radius 2 is 1.48 bits per heavy atom. The molecule has 0 saturated carbocycles. The Bertz CT molecular complexity index is 1090. The Morgan fingerprint density at radius 3 is 2.03 bits per heavy atom. The molecule has 2 saturated heterocycles. The minimum absolute atomic E-state index is 0.387. The summed E-state index contributed by atoms with van der Waals surface area (Å²) in [7, 11) is 0. The number of nitriles is 3. The summed E-state index contributed by atoms with van der Waals surface area (Å²) < 4.78 is 11.8. The van der Waals surface area contributed by atoms with Crippen molar-refractivity contribution in [3.8, 4) is 29.3 Å². The van der Waals surface area contributed by atoms with Crippen LogP contribution in [-0.2, 0) is 9.47 Å². The maximum absolute atomic E-state index is 10.1. The smallest absolute Gasteiger partial charge is 0.214 e. The van der Waals surface area contributed by atoms with Crippen molar-refractivity contribution in [1.29, 1.82) is 21.2 Å². The summed E-state index contributed by atoms with van der Waals surface area (Å²) in [6.45, 7) is 3.33. The first kappa shape index (κ1) is 18.7. The van der Waals surface area contributed by atoms with Gasteiger partial charge in [-0.2, -0.15) is 15.8 Å². The van der Waals surface area contributed by atoms with Gasteiger partial charge in [0.25, 0.3) is 0 Å². The third-order valence-corrected chi connectivity index (χ3v) is 6.32. The zero-order chi connectivity index (χ0) is 20.9. The van der Waals surface area contributed by atoms with E-state index in [2.05, 4.69) is 6.07 Å². The summed E-state index contributed by atoms with van der Waals surface area (Å²) in [5.41, 5.74) is -1.03. The molecule has 4 unspecified atom stereocenters. The maximum Gasteiger partial charge on any atom is 0.214 e. The molecule has 2 bridgehead atoms. The number of rotatable bonds is 2. The summed E-state index contributed by atoms with van der Waals surface area (Å²) in [5.74, 6) is -2.32. The molecule has 0 aromatic heterocycles. The monoisotopic (exact) mass is 382 g/mol. The third kappa shape index (κ3) is 2.20. The van der Waals surface area contributed by atoms with Crippen LogP contribution in [0.1, 0.15) is 25.5 Å². The quantitative estimate of drug-likeness (QED) is 0.830. The van der Waals surface area contributed by atoms with E-state index < -0.39 is 28.6 Å². The van der Waals surface area contributed by atoms with Crippen LogP contribution in [0.15, 0.2) is 54.6 Å². The lowest BCUT2D eigenvalue weighted by atomic mass is 9.54. The Morgan fingerprint density at radius 1 is 0.897 bits per heavy atom. The molecule has 2 aliphatic heterocycles. The number of fused-ring (bicyclic) bond motifs is 2. The first-order valence-corrected chi connectivity index (χ1v) is 9.23. The zero-order valence-corrected chi connectivity index (χ0v) is 16.0. The molecule has 0 spiro atoms. The predicted molar refractivity (Wildman–Crippen MR) is 104 cm³/mol. The number of ether oxygens (including phenoxy) is 2. The largest absolute Gasteiger partial charge is 0.448 e. The van der Waals surface area contributed by atoms with Crippen LogP contribution in [0.4, 0.5) is 0 Å². The van der Waals surface area contributed by atoms with Crippen LogP contribution >= 0.6 is 0 Å². The van der Waals surface area contributed by atoms with Gasteiger partial charge in [0.1, 0.15) is 6.10 Å². The van der Waals surface area contributed by atoms with Crippen molar-refractivity contribution in [3.63, 3.8) is 0 Å². The van der Waals surface area contributed by atoms with Crippen LogP contribution in [0, 0.1) is 56.2 Å². The zero-order valence-electron chi connectivity index (χ0n) is 16.0. The Hall–Kier alpha value is -3.66. The maximum atomic E-state index is 10.1. The normalized spacial score (nSPS) is 31.8. The molecular weight excluding hydrogens is 364 g/mol. The molecule has 2 aromatic carbocycles. The SMILES string of the molecule is CC1C2(C)OC(=N)C1(C#N)C(C#N)(C#N)C(c1ccc(-c3ccccc3)cc1)O2. The Labute approximate surface area is 169 Å². The number of hydrogen-bond acceptors (Lipinski definition) is 6. The summed E-state index contributed by atoms with van der Waals surface area (Å²) in [5, 5.41) is 38.5. The molecule has 2 heterocycles. The van der Waals surface area contributed by atoms with Gasteiger partial charge in [0.15, 0.2) is 5.41 Å². The van der Waals surface area contributed by atoms with Crippen molar-refractivity contribution in [2.24, 2.45) is 16.7 Å².